The van der Waals surface area contributed by atoms with Crippen LogP contribution in [0, 0.1) is 0 Å². The van der Waals surface area contributed by atoms with E-state index in [4.69, 9.17) is 19.2 Å². The van der Waals surface area contributed by atoms with Crippen molar-refractivity contribution in [2.45, 2.75) is 25.2 Å². The van der Waals surface area contributed by atoms with Crippen molar-refractivity contribution in [2.75, 3.05) is 38.3 Å². The predicted octanol–water partition coefficient (Wildman–Crippen LogP) is 3.44. The molecule has 5 rings (SSSR count). The third kappa shape index (κ3) is 3.12. The molecule has 1 spiro atoms. The van der Waals surface area contributed by atoms with E-state index in [9.17, 15) is 0 Å². The molecule has 2 aliphatic heterocycles. The Hall–Kier alpha value is -2.57. The van der Waals surface area contributed by atoms with Crippen molar-refractivity contribution >= 4 is 17.0 Å². The summed E-state index contributed by atoms with van der Waals surface area (Å²) in [6.07, 6.45) is 1.75. The number of piperidine rings is 1. The Morgan fingerprint density at radius 1 is 1.00 bits per heavy atom. The van der Waals surface area contributed by atoms with Crippen LogP contribution in [0.2, 0.25) is 0 Å². The Kier molecular flexibility index (Phi) is 4.45. The number of rotatable bonds is 4. The zero-order chi connectivity index (χ0) is 19.0. The molecule has 2 saturated heterocycles. The van der Waals surface area contributed by atoms with Crippen LogP contribution in [0.5, 0.6) is 5.75 Å². The average Bonchev–Trinajstić information content (AvgIpc) is 3.35. The Morgan fingerprint density at radius 3 is 2.43 bits per heavy atom. The van der Waals surface area contributed by atoms with Gasteiger partial charge in [-0.1, -0.05) is 24.3 Å². The summed E-state index contributed by atoms with van der Waals surface area (Å²) in [7, 11) is 1.69. The van der Waals surface area contributed by atoms with Crippen LogP contribution in [0.3, 0.4) is 0 Å². The second-order valence-corrected chi connectivity index (χ2v) is 7.43. The van der Waals surface area contributed by atoms with Gasteiger partial charge >= 0.3 is 0 Å². The fourth-order valence-electron chi connectivity index (χ4n) is 4.21. The summed E-state index contributed by atoms with van der Waals surface area (Å²) in [6, 6.07) is 16.6. The number of anilines is 1. The van der Waals surface area contributed by atoms with Gasteiger partial charge in [0, 0.05) is 25.9 Å². The number of ether oxygens (including phenoxy) is 3. The summed E-state index contributed by atoms with van der Waals surface area (Å²) in [5.41, 5.74) is 3.41. The van der Waals surface area contributed by atoms with Gasteiger partial charge in [-0.05, 0) is 29.8 Å². The van der Waals surface area contributed by atoms with Crippen molar-refractivity contribution in [1.82, 2.24) is 9.55 Å². The van der Waals surface area contributed by atoms with E-state index in [0.717, 1.165) is 55.2 Å². The van der Waals surface area contributed by atoms with Gasteiger partial charge in [0.25, 0.3) is 0 Å². The van der Waals surface area contributed by atoms with Crippen LogP contribution in [0.4, 0.5) is 5.95 Å². The SMILES string of the molecule is COc1ccc(Cn2c(N3CCC4(CC3)OCCO4)nc3ccccc32)cc1. The first-order valence-electron chi connectivity index (χ1n) is 9.87. The summed E-state index contributed by atoms with van der Waals surface area (Å²) in [4.78, 5) is 7.32. The van der Waals surface area contributed by atoms with E-state index in [1.54, 1.807) is 7.11 Å². The number of hydrogen-bond donors (Lipinski definition) is 0. The molecular weight excluding hydrogens is 354 g/mol. The quantitative estimate of drug-likeness (QED) is 0.695. The van der Waals surface area contributed by atoms with Crippen molar-refractivity contribution in [2.24, 2.45) is 0 Å². The molecule has 2 fully saturated rings. The number of methoxy groups -OCH3 is 1. The maximum Gasteiger partial charge on any atom is 0.206 e. The second kappa shape index (κ2) is 7.11. The molecule has 0 unspecified atom stereocenters. The van der Waals surface area contributed by atoms with Crippen LogP contribution in [-0.4, -0.2) is 48.8 Å². The topological polar surface area (TPSA) is 48.8 Å². The van der Waals surface area contributed by atoms with Crippen LogP contribution in [0.25, 0.3) is 11.0 Å². The molecule has 0 saturated carbocycles. The van der Waals surface area contributed by atoms with E-state index in [1.807, 2.05) is 18.2 Å². The normalized spacial score (nSPS) is 18.8. The maximum absolute atomic E-state index is 5.88. The van der Waals surface area contributed by atoms with Gasteiger partial charge in [0.2, 0.25) is 5.95 Å². The third-order valence-electron chi connectivity index (χ3n) is 5.76. The Labute approximate surface area is 164 Å². The van der Waals surface area contributed by atoms with Gasteiger partial charge in [-0.2, -0.15) is 0 Å². The van der Waals surface area contributed by atoms with E-state index in [1.165, 1.54) is 5.56 Å². The number of aromatic nitrogens is 2. The minimum atomic E-state index is -0.372. The molecule has 0 atom stereocenters. The Morgan fingerprint density at radius 2 is 1.71 bits per heavy atom. The van der Waals surface area contributed by atoms with Crippen LogP contribution >= 0.6 is 0 Å². The van der Waals surface area contributed by atoms with Crippen molar-refractivity contribution < 1.29 is 14.2 Å². The molecule has 3 heterocycles. The standard InChI is InChI=1S/C22H25N3O3/c1-26-18-8-6-17(7-9-18)16-25-20-5-3-2-4-19(20)23-21(25)24-12-10-22(11-13-24)27-14-15-28-22/h2-9H,10-16H2,1H3. The predicted molar refractivity (Wildman–Crippen MR) is 108 cm³/mol. The molecule has 2 aromatic carbocycles. The highest BCUT2D eigenvalue weighted by Gasteiger charge is 2.40. The molecule has 0 bridgehead atoms. The summed E-state index contributed by atoms with van der Waals surface area (Å²) in [5, 5.41) is 0. The molecule has 0 N–H and O–H groups in total. The average molecular weight is 379 g/mol. The summed E-state index contributed by atoms with van der Waals surface area (Å²) in [5.74, 6) is 1.52. The Balaban J connectivity index is 1.45. The van der Waals surface area contributed by atoms with Crippen molar-refractivity contribution in [3.05, 3.63) is 54.1 Å². The number of para-hydroxylation sites is 2. The molecule has 0 amide bonds. The lowest BCUT2D eigenvalue weighted by Gasteiger charge is -2.38. The van der Waals surface area contributed by atoms with E-state index in [2.05, 4.69) is 39.8 Å². The van der Waals surface area contributed by atoms with Crippen LogP contribution < -0.4 is 9.64 Å². The lowest BCUT2D eigenvalue weighted by Crippen LogP contribution is -2.46. The number of benzene rings is 2. The largest absolute Gasteiger partial charge is 0.497 e. The van der Waals surface area contributed by atoms with Gasteiger partial charge in [-0.15, -0.1) is 0 Å². The molecule has 28 heavy (non-hydrogen) atoms. The van der Waals surface area contributed by atoms with E-state index in [0.29, 0.717) is 13.2 Å². The van der Waals surface area contributed by atoms with Crippen molar-refractivity contribution in [3.63, 3.8) is 0 Å². The lowest BCUT2D eigenvalue weighted by atomic mass is 10.0. The third-order valence-corrected chi connectivity index (χ3v) is 5.76. The van der Waals surface area contributed by atoms with E-state index >= 15 is 0 Å². The van der Waals surface area contributed by atoms with Crippen LogP contribution in [0.15, 0.2) is 48.5 Å². The molecule has 6 heteroatoms. The first kappa shape index (κ1) is 17.5. The molecule has 146 valence electrons. The Bertz CT molecular complexity index is 951. The first-order chi connectivity index (χ1) is 13.8. The minimum Gasteiger partial charge on any atom is -0.497 e. The van der Waals surface area contributed by atoms with Gasteiger partial charge in [0.15, 0.2) is 5.79 Å². The van der Waals surface area contributed by atoms with Crippen molar-refractivity contribution in [1.29, 1.82) is 0 Å². The monoisotopic (exact) mass is 379 g/mol. The second-order valence-electron chi connectivity index (χ2n) is 7.43. The summed E-state index contributed by atoms with van der Waals surface area (Å²) >= 11 is 0. The fourth-order valence-corrected chi connectivity index (χ4v) is 4.21. The summed E-state index contributed by atoms with van der Waals surface area (Å²) < 4.78 is 19.4. The van der Waals surface area contributed by atoms with E-state index in [-0.39, 0.29) is 5.79 Å². The first-order valence-corrected chi connectivity index (χ1v) is 9.87. The maximum atomic E-state index is 5.88. The van der Waals surface area contributed by atoms with Gasteiger partial charge in [0.1, 0.15) is 5.75 Å². The molecule has 2 aliphatic rings. The highest BCUT2D eigenvalue weighted by atomic mass is 16.7. The molecule has 0 radical (unpaired) electrons. The number of fused-ring (bicyclic) bond motifs is 1. The van der Waals surface area contributed by atoms with Crippen LogP contribution in [0.1, 0.15) is 18.4 Å². The number of imidazole rings is 1. The zero-order valence-electron chi connectivity index (χ0n) is 16.1. The highest BCUT2D eigenvalue weighted by molar-refractivity contribution is 5.79. The van der Waals surface area contributed by atoms with Gasteiger partial charge < -0.3 is 23.7 Å². The molecule has 3 aromatic rings. The van der Waals surface area contributed by atoms with E-state index < -0.39 is 0 Å². The van der Waals surface area contributed by atoms with Crippen molar-refractivity contribution in [3.8, 4) is 5.75 Å². The molecular formula is C22H25N3O3. The van der Waals surface area contributed by atoms with Crippen LogP contribution in [-0.2, 0) is 16.0 Å². The summed E-state index contributed by atoms with van der Waals surface area (Å²) in [6.45, 7) is 3.94. The van der Waals surface area contributed by atoms with Gasteiger partial charge in [-0.3, -0.25) is 0 Å². The molecule has 0 aliphatic carbocycles. The molecule has 1 aromatic heterocycles. The minimum absolute atomic E-state index is 0.372. The smallest absolute Gasteiger partial charge is 0.206 e. The lowest BCUT2D eigenvalue weighted by molar-refractivity contribution is -0.169. The number of hydrogen-bond acceptors (Lipinski definition) is 5. The fraction of sp³-hybridized carbons (Fsp3) is 0.409. The van der Waals surface area contributed by atoms with Gasteiger partial charge in [0.05, 0.1) is 37.9 Å². The zero-order valence-corrected chi connectivity index (χ0v) is 16.1. The molecule has 6 nitrogen and oxygen atoms in total. The van der Waals surface area contributed by atoms with Gasteiger partial charge in [-0.25, -0.2) is 4.98 Å². The number of nitrogens with zero attached hydrogens (tertiary/aromatic N) is 3. The highest BCUT2D eigenvalue weighted by Crippen LogP contribution is 2.34.